The van der Waals surface area contributed by atoms with Crippen molar-refractivity contribution in [3.8, 4) is 0 Å². The van der Waals surface area contributed by atoms with E-state index in [2.05, 4.69) is 44.8 Å². The lowest BCUT2D eigenvalue weighted by molar-refractivity contribution is -0.125. The van der Waals surface area contributed by atoms with Crippen LogP contribution in [-0.2, 0) is 4.79 Å². The maximum Gasteiger partial charge on any atom is 0.222 e. The van der Waals surface area contributed by atoms with Gasteiger partial charge in [-0.05, 0) is 38.0 Å². The number of rotatable bonds is 4. The fourth-order valence-electron chi connectivity index (χ4n) is 3.15. The fraction of sp³-hybridized carbons (Fsp3) is 0.941. The molecule has 118 valence electrons. The molecule has 1 fully saturated rings. The van der Waals surface area contributed by atoms with Crippen molar-refractivity contribution in [2.45, 2.75) is 73.4 Å². The zero-order valence-corrected chi connectivity index (χ0v) is 14.5. The molecular formula is C17H34N2O. The first-order chi connectivity index (χ1) is 9.08. The van der Waals surface area contributed by atoms with E-state index < -0.39 is 0 Å². The first kappa shape index (κ1) is 17.5. The summed E-state index contributed by atoms with van der Waals surface area (Å²) in [6, 6.07) is 0.865. The number of likely N-dealkylation sites (tertiary alicyclic amines) is 1. The molecule has 2 unspecified atom stereocenters. The molecule has 1 aliphatic heterocycles. The molecule has 1 heterocycles. The van der Waals surface area contributed by atoms with E-state index in [0.717, 1.165) is 13.0 Å². The molecule has 2 atom stereocenters. The summed E-state index contributed by atoms with van der Waals surface area (Å²) in [5.74, 6) is 0.948. The lowest BCUT2D eigenvalue weighted by Crippen LogP contribution is -2.53. The van der Waals surface area contributed by atoms with Crippen molar-refractivity contribution < 1.29 is 4.79 Å². The molecule has 1 amide bonds. The molecule has 0 radical (unpaired) electrons. The highest BCUT2D eigenvalue weighted by Gasteiger charge is 2.31. The Labute approximate surface area is 125 Å². The largest absolute Gasteiger partial charge is 0.352 e. The maximum absolute atomic E-state index is 11.9. The Morgan fingerprint density at radius 3 is 2.25 bits per heavy atom. The standard InChI is InChI=1S/C17H34N2O/c1-12(2)16(20)18-15-8-14(9-17(5,6)7)10-19(11-15)13(3)4/h12-15H,8-11H2,1-7H3,(H,18,20). The van der Waals surface area contributed by atoms with Crippen LogP contribution >= 0.6 is 0 Å². The number of hydrogen-bond acceptors (Lipinski definition) is 2. The van der Waals surface area contributed by atoms with Crippen LogP contribution in [0.1, 0.15) is 61.3 Å². The van der Waals surface area contributed by atoms with Gasteiger partial charge in [0, 0.05) is 31.1 Å². The topological polar surface area (TPSA) is 32.3 Å². The van der Waals surface area contributed by atoms with Crippen LogP contribution in [0.15, 0.2) is 0 Å². The van der Waals surface area contributed by atoms with Crippen molar-refractivity contribution >= 4 is 5.91 Å². The van der Waals surface area contributed by atoms with Gasteiger partial charge in [0.05, 0.1) is 0 Å². The van der Waals surface area contributed by atoms with Gasteiger partial charge < -0.3 is 5.32 Å². The van der Waals surface area contributed by atoms with Crippen molar-refractivity contribution in [3.05, 3.63) is 0 Å². The van der Waals surface area contributed by atoms with Crippen molar-refractivity contribution in [2.75, 3.05) is 13.1 Å². The molecule has 0 spiro atoms. The highest BCUT2D eigenvalue weighted by molar-refractivity contribution is 5.78. The number of nitrogens with one attached hydrogen (secondary N) is 1. The highest BCUT2D eigenvalue weighted by atomic mass is 16.1. The lowest BCUT2D eigenvalue weighted by Gasteiger charge is -2.42. The van der Waals surface area contributed by atoms with Crippen LogP contribution in [0.2, 0.25) is 0 Å². The van der Waals surface area contributed by atoms with E-state index >= 15 is 0 Å². The van der Waals surface area contributed by atoms with Crippen LogP contribution in [0.4, 0.5) is 0 Å². The normalized spacial score (nSPS) is 25.2. The molecule has 0 aromatic heterocycles. The molecular weight excluding hydrogens is 248 g/mol. The van der Waals surface area contributed by atoms with Crippen LogP contribution in [0.3, 0.4) is 0 Å². The van der Waals surface area contributed by atoms with Gasteiger partial charge in [-0.1, -0.05) is 34.6 Å². The molecule has 3 heteroatoms. The summed E-state index contributed by atoms with van der Waals surface area (Å²) in [5, 5.41) is 3.24. The second kappa shape index (κ2) is 6.93. The predicted octanol–water partition coefficient (Wildman–Crippen LogP) is 3.29. The van der Waals surface area contributed by atoms with Crippen LogP contribution < -0.4 is 5.32 Å². The van der Waals surface area contributed by atoms with Crippen molar-refractivity contribution in [3.63, 3.8) is 0 Å². The summed E-state index contributed by atoms with van der Waals surface area (Å²) in [7, 11) is 0. The average molecular weight is 282 g/mol. The number of carbonyl (C=O) groups excluding carboxylic acids is 1. The van der Waals surface area contributed by atoms with Gasteiger partial charge in [0.25, 0.3) is 0 Å². The molecule has 1 N–H and O–H groups in total. The SMILES string of the molecule is CC(C)C(=O)NC1CC(CC(C)(C)C)CN(C(C)C)C1. The third-order valence-electron chi connectivity index (χ3n) is 4.07. The van der Waals surface area contributed by atoms with Gasteiger partial charge in [-0.2, -0.15) is 0 Å². The van der Waals surface area contributed by atoms with E-state index in [1.54, 1.807) is 0 Å². The minimum atomic E-state index is 0.0745. The van der Waals surface area contributed by atoms with E-state index in [1.807, 2.05) is 13.8 Å². The van der Waals surface area contributed by atoms with Gasteiger partial charge in [-0.3, -0.25) is 9.69 Å². The Hall–Kier alpha value is -0.570. The van der Waals surface area contributed by atoms with Gasteiger partial charge in [-0.25, -0.2) is 0 Å². The van der Waals surface area contributed by atoms with Gasteiger partial charge in [0.15, 0.2) is 0 Å². The molecule has 1 rings (SSSR count). The molecule has 0 aliphatic carbocycles. The fourth-order valence-corrected chi connectivity index (χ4v) is 3.15. The quantitative estimate of drug-likeness (QED) is 0.858. The number of hydrogen-bond donors (Lipinski definition) is 1. The van der Waals surface area contributed by atoms with Gasteiger partial charge in [0.1, 0.15) is 0 Å². The van der Waals surface area contributed by atoms with E-state index in [4.69, 9.17) is 0 Å². The Morgan fingerprint density at radius 1 is 1.20 bits per heavy atom. The summed E-state index contributed by atoms with van der Waals surface area (Å²) >= 11 is 0. The minimum Gasteiger partial charge on any atom is -0.352 e. The van der Waals surface area contributed by atoms with E-state index in [9.17, 15) is 4.79 Å². The molecule has 0 aromatic carbocycles. The van der Waals surface area contributed by atoms with Gasteiger partial charge in [-0.15, -0.1) is 0 Å². The second-order valence-electron chi connectivity index (χ2n) is 8.27. The Bertz CT molecular complexity index is 317. The molecule has 0 bridgehead atoms. The molecule has 1 saturated heterocycles. The number of piperidine rings is 1. The zero-order valence-electron chi connectivity index (χ0n) is 14.5. The van der Waals surface area contributed by atoms with Crippen molar-refractivity contribution in [2.24, 2.45) is 17.3 Å². The third kappa shape index (κ3) is 5.82. The number of amides is 1. The van der Waals surface area contributed by atoms with Gasteiger partial charge in [0.2, 0.25) is 5.91 Å². The van der Waals surface area contributed by atoms with E-state index in [0.29, 0.717) is 23.4 Å². The molecule has 20 heavy (non-hydrogen) atoms. The summed E-state index contributed by atoms with van der Waals surface area (Å²) in [6.07, 6.45) is 2.35. The first-order valence-electron chi connectivity index (χ1n) is 8.13. The highest BCUT2D eigenvalue weighted by Crippen LogP contribution is 2.31. The average Bonchev–Trinajstić information content (AvgIpc) is 2.25. The maximum atomic E-state index is 11.9. The summed E-state index contributed by atoms with van der Waals surface area (Å²) < 4.78 is 0. The van der Waals surface area contributed by atoms with Crippen LogP contribution in [0.5, 0.6) is 0 Å². The molecule has 0 aromatic rings. The summed E-state index contributed by atoms with van der Waals surface area (Å²) in [4.78, 5) is 14.5. The second-order valence-corrected chi connectivity index (χ2v) is 8.27. The van der Waals surface area contributed by atoms with Gasteiger partial charge >= 0.3 is 0 Å². The van der Waals surface area contributed by atoms with Crippen molar-refractivity contribution in [1.82, 2.24) is 10.2 Å². The summed E-state index contributed by atoms with van der Waals surface area (Å²) in [5.41, 5.74) is 0.358. The zero-order chi connectivity index (χ0) is 15.5. The third-order valence-corrected chi connectivity index (χ3v) is 4.07. The molecule has 0 saturated carbocycles. The predicted molar refractivity (Wildman–Crippen MR) is 85.7 cm³/mol. The van der Waals surface area contributed by atoms with Crippen LogP contribution in [0, 0.1) is 17.3 Å². The van der Waals surface area contributed by atoms with Crippen LogP contribution in [0.25, 0.3) is 0 Å². The Kier molecular flexibility index (Phi) is 6.06. The Balaban J connectivity index is 2.68. The van der Waals surface area contributed by atoms with Crippen LogP contribution in [-0.4, -0.2) is 36.0 Å². The number of carbonyl (C=O) groups is 1. The minimum absolute atomic E-state index is 0.0745. The van der Waals surface area contributed by atoms with E-state index in [1.165, 1.54) is 13.0 Å². The molecule has 1 aliphatic rings. The summed E-state index contributed by atoms with van der Waals surface area (Å²) in [6.45, 7) is 17.5. The monoisotopic (exact) mass is 282 g/mol. The number of nitrogens with zero attached hydrogens (tertiary/aromatic N) is 1. The molecule has 3 nitrogen and oxygen atoms in total. The smallest absolute Gasteiger partial charge is 0.222 e. The first-order valence-corrected chi connectivity index (χ1v) is 8.13. The lowest BCUT2D eigenvalue weighted by atomic mass is 9.79. The van der Waals surface area contributed by atoms with E-state index in [-0.39, 0.29) is 11.8 Å². The Morgan fingerprint density at radius 2 is 1.80 bits per heavy atom. The van der Waals surface area contributed by atoms with Crippen molar-refractivity contribution in [1.29, 1.82) is 0 Å².